The zero-order valence-electron chi connectivity index (χ0n) is 9.34. The van der Waals surface area contributed by atoms with Crippen molar-refractivity contribution in [3.05, 3.63) is 0 Å². The van der Waals surface area contributed by atoms with Crippen LogP contribution in [0.1, 0.15) is 46.5 Å². The molecular formula is C11H21NO2. The fraction of sp³-hybridized carbons (Fsp3) is 0.909. The highest BCUT2D eigenvalue weighted by molar-refractivity contribution is 5.68. The van der Waals surface area contributed by atoms with Gasteiger partial charge in [-0.3, -0.25) is 4.79 Å². The van der Waals surface area contributed by atoms with E-state index in [-0.39, 0.29) is 11.8 Å². The number of carboxylic acid groups (broad SMARTS) is 1. The van der Waals surface area contributed by atoms with Crippen molar-refractivity contribution in [2.45, 2.75) is 52.0 Å². The van der Waals surface area contributed by atoms with Crippen LogP contribution in [0, 0.1) is 11.3 Å². The van der Waals surface area contributed by atoms with Crippen molar-refractivity contribution in [3.63, 3.8) is 0 Å². The van der Waals surface area contributed by atoms with Crippen LogP contribution in [0.2, 0.25) is 0 Å². The van der Waals surface area contributed by atoms with E-state index in [1.54, 1.807) is 0 Å². The summed E-state index contributed by atoms with van der Waals surface area (Å²) in [6.45, 7) is 5.86. The van der Waals surface area contributed by atoms with Crippen LogP contribution in [-0.2, 0) is 4.79 Å². The highest BCUT2D eigenvalue weighted by Crippen LogP contribution is 2.46. The Kier molecular flexibility index (Phi) is 2.91. The highest BCUT2D eigenvalue weighted by Gasteiger charge is 2.43. The summed E-state index contributed by atoms with van der Waals surface area (Å²) in [5.41, 5.74) is 5.37. The van der Waals surface area contributed by atoms with Crippen molar-refractivity contribution in [3.8, 4) is 0 Å². The van der Waals surface area contributed by atoms with E-state index in [0.717, 1.165) is 6.42 Å². The molecule has 14 heavy (non-hydrogen) atoms. The van der Waals surface area contributed by atoms with Crippen LogP contribution in [0.3, 0.4) is 0 Å². The minimum absolute atomic E-state index is 0.174. The van der Waals surface area contributed by atoms with Gasteiger partial charge in [0.2, 0.25) is 0 Å². The average Bonchev–Trinajstić information content (AvgIpc) is 2.66. The molecule has 0 heterocycles. The number of nitrogens with two attached hydrogens (primary N) is 1. The monoisotopic (exact) mass is 199 g/mol. The number of hydrogen-bond donors (Lipinski definition) is 2. The van der Waals surface area contributed by atoms with Gasteiger partial charge in [-0.05, 0) is 31.6 Å². The Morgan fingerprint density at radius 3 is 2.21 bits per heavy atom. The fourth-order valence-electron chi connectivity index (χ4n) is 1.86. The first-order valence-electron chi connectivity index (χ1n) is 5.25. The number of aliphatic carboxylic acids is 1. The molecule has 3 N–H and O–H groups in total. The summed E-state index contributed by atoms with van der Waals surface area (Å²) in [7, 11) is 0. The summed E-state index contributed by atoms with van der Waals surface area (Å²) in [4.78, 5) is 10.8. The molecule has 0 bridgehead atoms. The molecule has 82 valence electrons. The molecule has 0 radical (unpaired) electrons. The molecule has 1 aliphatic carbocycles. The van der Waals surface area contributed by atoms with Crippen molar-refractivity contribution in [1.29, 1.82) is 0 Å². The zero-order valence-corrected chi connectivity index (χ0v) is 9.34. The molecule has 0 aromatic heterocycles. The molecule has 1 aliphatic rings. The van der Waals surface area contributed by atoms with Crippen LogP contribution in [0.4, 0.5) is 0 Å². The molecule has 0 saturated heterocycles. The van der Waals surface area contributed by atoms with Gasteiger partial charge in [0.05, 0.1) is 6.42 Å². The Hall–Kier alpha value is -0.570. The fourth-order valence-corrected chi connectivity index (χ4v) is 1.86. The van der Waals surface area contributed by atoms with Gasteiger partial charge in [-0.25, -0.2) is 0 Å². The Labute approximate surface area is 85.7 Å². The van der Waals surface area contributed by atoms with Crippen LogP contribution in [0.25, 0.3) is 0 Å². The van der Waals surface area contributed by atoms with Gasteiger partial charge in [-0.1, -0.05) is 19.8 Å². The number of carboxylic acids is 1. The summed E-state index contributed by atoms with van der Waals surface area (Å²) in [5.74, 6) is -0.0335. The smallest absolute Gasteiger partial charge is 0.303 e. The summed E-state index contributed by atoms with van der Waals surface area (Å²) >= 11 is 0. The van der Waals surface area contributed by atoms with Crippen LogP contribution in [0.15, 0.2) is 0 Å². The normalized spacial score (nSPS) is 21.7. The summed E-state index contributed by atoms with van der Waals surface area (Å²) in [5, 5.41) is 8.89. The van der Waals surface area contributed by atoms with E-state index in [2.05, 4.69) is 0 Å². The van der Waals surface area contributed by atoms with Crippen LogP contribution in [-0.4, -0.2) is 16.6 Å². The first kappa shape index (κ1) is 11.5. The number of rotatable bonds is 5. The standard InChI is InChI=1S/C11H21NO2/c1-10(2,12)11(3,7-9(13)14)6-8-4-5-8/h8H,4-7,12H2,1-3H3,(H,13,14). The summed E-state index contributed by atoms with van der Waals surface area (Å²) in [6.07, 6.45) is 3.60. The Morgan fingerprint density at radius 1 is 1.43 bits per heavy atom. The zero-order chi connectivity index (χ0) is 11.0. The summed E-state index contributed by atoms with van der Waals surface area (Å²) < 4.78 is 0. The van der Waals surface area contributed by atoms with Gasteiger partial charge >= 0.3 is 5.97 Å². The molecule has 3 heteroatoms. The number of carbonyl (C=O) groups is 1. The molecule has 1 fully saturated rings. The first-order valence-corrected chi connectivity index (χ1v) is 5.25. The SMILES string of the molecule is CC(C)(N)C(C)(CC(=O)O)CC1CC1. The van der Waals surface area contributed by atoms with Gasteiger partial charge in [-0.15, -0.1) is 0 Å². The maximum Gasteiger partial charge on any atom is 0.303 e. The molecule has 0 amide bonds. The van der Waals surface area contributed by atoms with Crippen molar-refractivity contribution >= 4 is 5.97 Å². The topological polar surface area (TPSA) is 63.3 Å². The largest absolute Gasteiger partial charge is 0.481 e. The molecule has 0 aliphatic heterocycles. The molecular weight excluding hydrogens is 178 g/mol. The van der Waals surface area contributed by atoms with Gasteiger partial charge in [0.1, 0.15) is 0 Å². The number of hydrogen-bond acceptors (Lipinski definition) is 2. The second-order valence-electron chi connectivity index (χ2n) is 5.50. The van der Waals surface area contributed by atoms with Crippen LogP contribution < -0.4 is 5.73 Å². The third-order valence-electron chi connectivity index (χ3n) is 3.53. The Morgan fingerprint density at radius 2 is 1.93 bits per heavy atom. The minimum atomic E-state index is -0.744. The third kappa shape index (κ3) is 2.71. The van der Waals surface area contributed by atoms with Crippen molar-refractivity contribution < 1.29 is 9.90 Å². The van der Waals surface area contributed by atoms with Crippen LogP contribution >= 0.6 is 0 Å². The second kappa shape index (κ2) is 3.54. The quantitative estimate of drug-likeness (QED) is 0.712. The van der Waals surface area contributed by atoms with E-state index in [1.807, 2.05) is 20.8 Å². The van der Waals surface area contributed by atoms with Gasteiger partial charge in [0, 0.05) is 5.54 Å². The van der Waals surface area contributed by atoms with E-state index < -0.39 is 11.5 Å². The molecule has 1 rings (SSSR count). The van der Waals surface area contributed by atoms with Crippen molar-refractivity contribution in [2.75, 3.05) is 0 Å². The molecule has 0 aromatic rings. The molecule has 3 nitrogen and oxygen atoms in total. The lowest BCUT2D eigenvalue weighted by molar-refractivity contribution is -0.140. The van der Waals surface area contributed by atoms with Gasteiger partial charge < -0.3 is 10.8 Å². The lowest BCUT2D eigenvalue weighted by Crippen LogP contribution is -2.50. The van der Waals surface area contributed by atoms with Gasteiger partial charge in [0.15, 0.2) is 0 Å². The summed E-state index contributed by atoms with van der Waals surface area (Å²) in [6, 6.07) is 0. The second-order valence-corrected chi connectivity index (χ2v) is 5.50. The maximum atomic E-state index is 10.8. The minimum Gasteiger partial charge on any atom is -0.481 e. The first-order chi connectivity index (χ1) is 6.24. The molecule has 1 saturated carbocycles. The lowest BCUT2D eigenvalue weighted by Gasteiger charge is -2.41. The van der Waals surface area contributed by atoms with E-state index in [4.69, 9.17) is 10.8 Å². The maximum absolute atomic E-state index is 10.8. The van der Waals surface area contributed by atoms with E-state index in [0.29, 0.717) is 5.92 Å². The van der Waals surface area contributed by atoms with Crippen molar-refractivity contribution in [1.82, 2.24) is 0 Å². The molecule has 1 atom stereocenters. The lowest BCUT2D eigenvalue weighted by atomic mass is 9.68. The average molecular weight is 199 g/mol. The molecule has 1 unspecified atom stereocenters. The third-order valence-corrected chi connectivity index (χ3v) is 3.53. The Balaban J connectivity index is 2.70. The van der Waals surface area contributed by atoms with E-state index in [9.17, 15) is 4.79 Å². The van der Waals surface area contributed by atoms with Gasteiger partial charge in [-0.2, -0.15) is 0 Å². The molecule has 0 spiro atoms. The predicted octanol–water partition coefficient (Wildman–Crippen LogP) is 2.00. The molecule has 0 aromatic carbocycles. The highest BCUT2D eigenvalue weighted by atomic mass is 16.4. The Bertz CT molecular complexity index is 228. The van der Waals surface area contributed by atoms with Gasteiger partial charge in [0.25, 0.3) is 0 Å². The predicted molar refractivity (Wildman–Crippen MR) is 56.0 cm³/mol. The van der Waals surface area contributed by atoms with Crippen LogP contribution in [0.5, 0.6) is 0 Å². The van der Waals surface area contributed by atoms with Crippen molar-refractivity contribution in [2.24, 2.45) is 17.1 Å². The van der Waals surface area contributed by atoms with E-state index >= 15 is 0 Å². The van der Waals surface area contributed by atoms with E-state index in [1.165, 1.54) is 12.8 Å².